The molecule has 0 unspecified atom stereocenters. The molecule has 0 bridgehead atoms. The third-order valence-corrected chi connectivity index (χ3v) is 8.87. The molecule has 0 aromatic heterocycles. The minimum Gasteiger partial charge on any atom is -0.311 e. The molecule has 0 amide bonds. The van der Waals surface area contributed by atoms with E-state index in [0.717, 1.165) is 0 Å². The number of fused-ring (bicyclic) bond motifs is 5. The van der Waals surface area contributed by atoms with Gasteiger partial charge in [-0.05, 0) is 75.3 Å². The third kappa shape index (κ3) is 3.21. The molecule has 6 aromatic rings. The standard InChI is InChI=1S/C34H22BNS/c1-2-11-27(12-3-1)36-30-14-7-6-13-28(30)35-29-22-26(25-18-17-23-9-4-5-10-24(23)21-25)19-20-32(29)37-33-16-8-15-31(36)34(33)35/h1-22H. The molecule has 0 saturated carbocycles. The Labute approximate surface area is 221 Å². The molecule has 0 aliphatic carbocycles. The number of para-hydroxylation sites is 2. The second-order valence-corrected chi connectivity index (χ2v) is 10.9. The zero-order valence-corrected chi connectivity index (χ0v) is 21.0. The molecule has 0 atom stereocenters. The molecule has 0 N–H and O–H groups in total. The number of anilines is 3. The van der Waals surface area contributed by atoms with Gasteiger partial charge in [0.25, 0.3) is 0 Å². The summed E-state index contributed by atoms with van der Waals surface area (Å²) in [6.45, 7) is 0.207. The fourth-order valence-electron chi connectivity index (χ4n) is 6.04. The van der Waals surface area contributed by atoms with E-state index in [2.05, 4.69) is 138 Å². The van der Waals surface area contributed by atoms with E-state index in [1.807, 2.05) is 11.8 Å². The van der Waals surface area contributed by atoms with Crippen molar-refractivity contribution in [1.82, 2.24) is 0 Å². The van der Waals surface area contributed by atoms with Crippen LogP contribution in [0.3, 0.4) is 0 Å². The first-order valence-corrected chi connectivity index (χ1v) is 13.5. The summed E-state index contributed by atoms with van der Waals surface area (Å²) in [5.74, 6) is 0. The van der Waals surface area contributed by atoms with Crippen molar-refractivity contribution in [3.05, 3.63) is 133 Å². The largest absolute Gasteiger partial charge is 0.311 e. The van der Waals surface area contributed by atoms with Crippen molar-refractivity contribution in [3.63, 3.8) is 0 Å². The van der Waals surface area contributed by atoms with Crippen molar-refractivity contribution in [3.8, 4) is 11.1 Å². The summed E-state index contributed by atoms with van der Waals surface area (Å²) in [5, 5.41) is 2.56. The van der Waals surface area contributed by atoms with E-state index in [1.165, 1.54) is 65.1 Å². The van der Waals surface area contributed by atoms with Gasteiger partial charge in [0.2, 0.25) is 6.71 Å². The van der Waals surface area contributed by atoms with Crippen LogP contribution >= 0.6 is 11.8 Å². The highest BCUT2D eigenvalue weighted by Crippen LogP contribution is 2.41. The molecular formula is C34H22BNS. The van der Waals surface area contributed by atoms with Crippen LogP contribution in [0.25, 0.3) is 21.9 Å². The van der Waals surface area contributed by atoms with Crippen molar-refractivity contribution in [1.29, 1.82) is 0 Å². The molecular weight excluding hydrogens is 465 g/mol. The number of nitrogens with zero attached hydrogens (tertiary/aromatic N) is 1. The van der Waals surface area contributed by atoms with E-state index in [9.17, 15) is 0 Å². The minimum absolute atomic E-state index is 0.207. The van der Waals surface area contributed by atoms with E-state index in [4.69, 9.17) is 0 Å². The lowest BCUT2D eigenvalue weighted by Crippen LogP contribution is -2.59. The van der Waals surface area contributed by atoms with Gasteiger partial charge >= 0.3 is 0 Å². The first-order valence-electron chi connectivity index (χ1n) is 12.7. The van der Waals surface area contributed by atoms with Crippen molar-refractivity contribution in [2.45, 2.75) is 9.79 Å². The third-order valence-electron chi connectivity index (χ3n) is 7.70. The average molecular weight is 487 g/mol. The van der Waals surface area contributed by atoms with Crippen molar-refractivity contribution in [2.24, 2.45) is 0 Å². The summed E-state index contributed by atoms with van der Waals surface area (Å²) >= 11 is 1.90. The molecule has 3 heteroatoms. The summed E-state index contributed by atoms with van der Waals surface area (Å²) in [7, 11) is 0. The Hall–Kier alpha value is -4.21. The molecule has 0 radical (unpaired) electrons. The van der Waals surface area contributed by atoms with Crippen LogP contribution in [0.15, 0.2) is 143 Å². The molecule has 2 aliphatic rings. The van der Waals surface area contributed by atoms with Gasteiger partial charge < -0.3 is 4.90 Å². The quantitative estimate of drug-likeness (QED) is 0.236. The number of benzene rings is 6. The molecule has 8 rings (SSSR count). The summed E-state index contributed by atoms with van der Waals surface area (Å²) in [6, 6.07) is 48.9. The maximum absolute atomic E-state index is 2.44. The second-order valence-electron chi connectivity index (χ2n) is 9.77. The summed E-state index contributed by atoms with van der Waals surface area (Å²) in [4.78, 5) is 5.13. The summed E-state index contributed by atoms with van der Waals surface area (Å²) in [5.41, 5.74) is 10.5. The number of hydrogen-bond acceptors (Lipinski definition) is 2. The molecule has 37 heavy (non-hydrogen) atoms. The zero-order chi connectivity index (χ0) is 24.3. The first kappa shape index (κ1) is 20.9. The molecule has 172 valence electrons. The Morgan fingerprint density at radius 3 is 2.14 bits per heavy atom. The van der Waals surface area contributed by atoms with Crippen LogP contribution in [-0.2, 0) is 0 Å². The normalized spacial score (nSPS) is 13.2. The monoisotopic (exact) mass is 487 g/mol. The van der Waals surface area contributed by atoms with E-state index in [1.54, 1.807) is 0 Å². The predicted molar refractivity (Wildman–Crippen MR) is 159 cm³/mol. The lowest BCUT2D eigenvalue weighted by atomic mass is 9.35. The van der Waals surface area contributed by atoms with Crippen LogP contribution in [0.2, 0.25) is 0 Å². The molecule has 6 aromatic carbocycles. The smallest absolute Gasteiger partial charge is 0.249 e. The van der Waals surface area contributed by atoms with Crippen LogP contribution in [0.4, 0.5) is 17.1 Å². The van der Waals surface area contributed by atoms with Crippen molar-refractivity contribution < 1.29 is 0 Å². The van der Waals surface area contributed by atoms with Crippen LogP contribution in [0.5, 0.6) is 0 Å². The second kappa shape index (κ2) is 8.16. The highest BCUT2D eigenvalue weighted by molar-refractivity contribution is 8.00. The van der Waals surface area contributed by atoms with Gasteiger partial charge in [-0.1, -0.05) is 108 Å². The van der Waals surface area contributed by atoms with E-state index in [0.29, 0.717) is 0 Å². The summed E-state index contributed by atoms with van der Waals surface area (Å²) < 4.78 is 0. The fraction of sp³-hybridized carbons (Fsp3) is 0. The summed E-state index contributed by atoms with van der Waals surface area (Å²) in [6.07, 6.45) is 0. The topological polar surface area (TPSA) is 3.24 Å². The van der Waals surface area contributed by atoms with Gasteiger partial charge in [-0.2, -0.15) is 0 Å². The van der Waals surface area contributed by atoms with Crippen molar-refractivity contribution in [2.75, 3.05) is 4.90 Å². The van der Waals surface area contributed by atoms with E-state index >= 15 is 0 Å². The molecule has 1 nitrogen and oxygen atoms in total. The Morgan fingerprint density at radius 1 is 0.486 bits per heavy atom. The number of hydrogen-bond donors (Lipinski definition) is 0. The Bertz CT molecular complexity index is 1830. The SMILES string of the molecule is c1ccc(N2c3ccccc3B3c4cc(-c5ccc6ccccc6c5)ccc4Sc4cccc2c43)cc1. The molecule has 0 fully saturated rings. The lowest BCUT2D eigenvalue weighted by molar-refractivity contribution is 1.27. The van der Waals surface area contributed by atoms with Crippen LogP contribution in [0, 0.1) is 0 Å². The van der Waals surface area contributed by atoms with Crippen LogP contribution < -0.4 is 21.3 Å². The van der Waals surface area contributed by atoms with Crippen molar-refractivity contribution >= 4 is 62.7 Å². The fourth-order valence-corrected chi connectivity index (χ4v) is 7.19. The van der Waals surface area contributed by atoms with E-state index < -0.39 is 0 Å². The van der Waals surface area contributed by atoms with Gasteiger partial charge in [-0.25, -0.2) is 0 Å². The molecule has 2 aliphatic heterocycles. The maximum atomic E-state index is 2.44. The molecule has 0 saturated heterocycles. The maximum Gasteiger partial charge on any atom is 0.249 e. The molecule has 0 spiro atoms. The van der Waals surface area contributed by atoms with Gasteiger partial charge in [-0.3, -0.25) is 0 Å². The minimum atomic E-state index is 0.207. The van der Waals surface area contributed by atoms with Crippen LogP contribution in [0.1, 0.15) is 0 Å². The van der Waals surface area contributed by atoms with E-state index in [-0.39, 0.29) is 6.71 Å². The van der Waals surface area contributed by atoms with Crippen LogP contribution in [-0.4, -0.2) is 6.71 Å². The Morgan fingerprint density at radius 2 is 1.22 bits per heavy atom. The zero-order valence-electron chi connectivity index (χ0n) is 20.1. The van der Waals surface area contributed by atoms with Gasteiger partial charge in [0, 0.05) is 26.9 Å². The Kier molecular flexibility index (Phi) is 4.62. The lowest BCUT2D eigenvalue weighted by Gasteiger charge is -2.40. The Balaban J connectivity index is 1.35. The predicted octanol–water partition coefficient (Wildman–Crippen LogP) is 7.27. The average Bonchev–Trinajstić information content (AvgIpc) is 2.97. The van der Waals surface area contributed by atoms with Gasteiger partial charge in [0.05, 0.1) is 0 Å². The highest BCUT2D eigenvalue weighted by atomic mass is 32.2. The van der Waals surface area contributed by atoms with Gasteiger partial charge in [-0.15, -0.1) is 0 Å². The first-order chi connectivity index (χ1) is 18.3. The van der Waals surface area contributed by atoms with Gasteiger partial charge in [0.15, 0.2) is 0 Å². The molecule has 2 heterocycles. The van der Waals surface area contributed by atoms with Gasteiger partial charge in [0.1, 0.15) is 0 Å². The number of rotatable bonds is 2. The highest BCUT2D eigenvalue weighted by Gasteiger charge is 2.40.